The van der Waals surface area contributed by atoms with Crippen LogP contribution in [0.3, 0.4) is 0 Å². The Kier molecular flexibility index (Phi) is 89.6. The van der Waals surface area contributed by atoms with Gasteiger partial charge in [-0.3, -0.25) is 0 Å². The molecular formula is C16H28I2N2Y-2. The molecule has 2 aromatic carbocycles. The third-order valence-electron chi connectivity index (χ3n) is 1.33. The number of benzene rings is 2. The standard InChI is InChI=1S/2C6H6.2CH5N.2CH3.I2.Y/c2*1-2-4-6-5-3-1;2*1-2;;;1-2;/h2*1-6H;2*2H2,1H3;2*1H3;;/q;;;;2*-1;;. The first-order valence-electron chi connectivity index (χ1n) is 5.30. The molecule has 2 nitrogen and oxygen atoms in total. The van der Waals surface area contributed by atoms with Crippen LogP contribution < -0.4 is 11.5 Å². The SMILES string of the molecule is CN.CN.II.[CH3-].[CH3-].[Y].c1ccccc1.c1ccccc1. The molecule has 5 heteroatoms. The van der Waals surface area contributed by atoms with E-state index in [0.29, 0.717) is 0 Å². The van der Waals surface area contributed by atoms with E-state index in [4.69, 9.17) is 0 Å². The number of hydrogen-bond donors (Lipinski definition) is 2. The average molecular weight is 591 g/mol. The van der Waals surface area contributed by atoms with Crippen molar-refractivity contribution >= 4 is 37.2 Å². The molecule has 0 aliphatic heterocycles. The Morgan fingerprint density at radius 2 is 0.476 bits per heavy atom. The number of nitrogens with two attached hydrogens (primary N) is 2. The maximum Gasteiger partial charge on any atom is 0 e. The Balaban J connectivity index is -0.0000000359. The van der Waals surface area contributed by atoms with E-state index in [2.05, 4.69) is 48.7 Å². The molecule has 0 amide bonds. The van der Waals surface area contributed by atoms with Crippen molar-refractivity contribution in [3.63, 3.8) is 0 Å². The topological polar surface area (TPSA) is 52.0 Å². The monoisotopic (exact) mass is 591 g/mol. The molecule has 21 heavy (non-hydrogen) atoms. The molecule has 0 unspecified atom stereocenters. The molecule has 0 heterocycles. The van der Waals surface area contributed by atoms with Gasteiger partial charge in [-0.05, 0) is 14.1 Å². The predicted molar refractivity (Wildman–Crippen MR) is 114 cm³/mol. The normalized spacial score (nSPS) is 5.43. The van der Waals surface area contributed by atoms with Crippen LogP contribution >= 0.6 is 37.2 Å². The van der Waals surface area contributed by atoms with E-state index in [1.54, 1.807) is 0 Å². The van der Waals surface area contributed by atoms with Gasteiger partial charge in [0.2, 0.25) is 0 Å². The minimum Gasteiger partial charge on any atom is -0.358 e. The van der Waals surface area contributed by atoms with Crippen molar-refractivity contribution in [1.29, 1.82) is 0 Å². The zero-order chi connectivity index (χ0) is 14.5. The van der Waals surface area contributed by atoms with Crippen molar-refractivity contribution in [2.75, 3.05) is 14.1 Å². The zero-order valence-electron chi connectivity index (χ0n) is 13.4. The van der Waals surface area contributed by atoms with Gasteiger partial charge in [-0.25, -0.2) is 0 Å². The van der Waals surface area contributed by atoms with Crippen LogP contribution in [-0.2, 0) is 32.7 Å². The number of halogens is 2. The smallest absolute Gasteiger partial charge is 0 e. The Morgan fingerprint density at radius 3 is 0.524 bits per heavy atom. The summed E-state index contributed by atoms with van der Waals surface area (Å²) < 4.78 is 0. The molecule has 1 radical (unpaired) electrons. The van der Waals surface area contributed by atoms with Crippen LogP contribution in [0.15, 0.2) is 72.8 Å². The van der Waals surface area contributed by atoms with Crippen LogP contribution in [0.4, 0.5) is 0 Å². The summed E-state index contributed by atoms with van der Waals surface area (Å²) in [6, 6.07) is 24.0. The van der Waals surface area contributed by atoms with Crippen molar-refractivity contribution in [3.05, 3.63) is 87.6 Å². The van der Waals surface area contributed by atoms with Crippen molar-refractivity contribution in [1.82, 2.24) is 0 Å². The van der Waals surface area contributed by atoms with Gasteiger partial charge in [-0.2, -0.15) is 0 Å². The summed E-state index contributed by atoms with van der Waals surface area (Å²) in [5.41, 5.74) is 9.00. The van der Waals surface area contributed by atoms with Crippen molar-refractivity contribution in [3.8, 4) is 0 Å². The van der Waals surface area contributed by atoms with Gasteiger partial charge in [0.25, 0.3) is 0 Å². The van der Waals surface area contributed by atoms with E-state index in [1.807, 2.05) is 72.8 Å². The minimum absolute atomic E-state index is 0. The molecular weight excluding hydrogens is 563 g/mol. The van der Waals surface area contributed by atoms with E-state index in [1.165, 1.54) is 14.1 Å². The molecule has 0 fully saturated rings. The van der Waals surface area contributed by atoms with Gasteiger partial charge in [0, 0.05) is 69.9 Å². The van der Waals surface area contributed by atoms with Crippen LogP contribution in [0.2, 0.25) is 0 Å². The van der Waals surface area contributed by atoms with Crippen LogP contribution in [0.25, 0.3) is 0 Å². The van der Waals surface area contributed by atoms with Crippen LogP contribution in [-0.4, -0.2) is 14.1 Å². The zero-order valence-corrected chi connectivity index (χ0v) is 20.6. The Hall–Kier alpha value is 0.924. The third-order valence-corrected chi connectivity index (χ3v) is 1.33. The van der Waals surface area contributed by atoms with E-state index in [9.17, 15) is 0 Å². The molecule has 121 valence electrons. The predicted octanol–water partition coefficient (Wildman–Crippen LogP) is 5.19. The van der Waals surface area contributed by atoms with Gasteiger partial charge in [0.1, 0.15) is 0 Å². The second kappa shape index (κ2) is 49.7. The Morgan fingerprint density at radius 1 is 0.429 bits per heavy atom. The van der Waals surface area contributed by atoms with Gasteiger partial charge in [0.05, 0.1) is 0 Å². The summed E-state index contributed by atoms with van der Waals surface area (Å²) in [4.78, 5) is 0. The molecule has 0 spiro atoms. The van der Waals surface area contributed by atoms with Gasteiger partial charge in [-0.15, -0.1) is 0 Å². The third kappa shape index (κ3) is 44.9. The van der Waals surface area contributed by atoms with Crippen molar-refractivity contribution < 1.29 is 32.7 Å². The molecule has 0 aromatic heterocycles. The molecule has 2 rings (SSSR count). The van der Waals surface area contributed by atoms with E-state index in [0.717, 1.165) is 0 Å². The fourth-order valence-corrected chi connectivity index (χ4v) is 0.770. The molecule has 2 aromatic rings. The number of rotatable bonds is 0. The first-order chi connectivity index (χ1) is 9.00. The van der Waals surface area contributed by atoms with Crippen LogP contribution in [0.1, 0.15) is 0 Å². The van der Waals surface area contributed by atoms with Crippen molar-refractivity contribution in [2.45, 2.75) is 0 Å². The Labute approximate surface area is 181 Å². The molecule has 0 aliphatic rings. The number of hydrogen-bond acceptors (Lipinski definition) is 2. The largest absolute Gasteiger partial charge is 0.358 e. The summed E-state index contributed by atoms with van der Waals surface area (Å²) in [6.07, 6.45) is 0. The molecule has 0 bridgehead atoms. The van der Waals surface area contributed by atoms with E-state index >= 15 is 0 Å². The summed E-state index contributed by atoms with van der Waals surface area (Å²) in [6.45, 7) is 0. The van der Waals surface area contributed by atoms with E-state index in [-0.39, 0.29) is 47.6 Å². The second-order valence-electron chi connectivity index (χ2n) is 2.31. The van der Waals surface area contributed by atoms with Gasteiger partial charge in [-0.1, -0.05) is 72.8 Å². The Bertz CT molecular complexity index is 200. The molecule has 0 aliphatic carbocycles. The van der Waals surface area contributed by atoms with Gasteiger partial charge < -0.3 is 26.3 Å². The maximum atomic E-state index is 4.50. The van der Waals surface area contributed by atoms with E-state index < -0.39 is 0 Å². The first kappa shape index (κ1) is 37.9. The fraction of sp³-hybridized carbons (Fsp3) is 0.125. The van der Waals surface area contributed by atoms with Crippen LogP contribution in [0, 0.1) is 14.9 Å². The molecule has 0 saturated carbocycles. The van der Waals surface area contributed by atoms with Crippen molar-refractivity contribution in [2.24, 2.45) is 11.5 Å². The van der Waals surface area contributed by atoms with Gasteiger partial charge >= 0.3 is 0 Å². The second-order valence-corrected chi connectivity index (χ2v) is 2.31. The summed E-state index contributed by atoms with van der Waals surface area (Å²) in [5, 5.41) is 0. The average Bonchev–Trinajstić information content (AvgIpc) is 2.57. The molecule has 4 N–H and O–H groups in total. The molecule has 0 atom stereocenters. The summed E-state index contributed by atoms with van der Waals surface area (Å²) in [5.74, 6) is 0. The molecule has 0 saturated heterocycles. The summed E-state index contributed by atoms with van der Waals surface area (Å²) in [7, 11) is 3.00. The maximum absolute atomic E-state index is 4.50. The minimum atomic E-state index is 0. The van der Waals surface area contributed by atoms with Gasteiger partial charge in [0.15, 0.2) is 0 Å². The van der Waals surface area contributed by atoms with Crippen LogP contribution in [0.5, 0.6) is 0 Å². The fourth-order valence-electron chi connectivity index (χ4n) is 0.770. The first-order valence-corrected chi connectivity index (χ1v) is 11.6. The summed E-state index contributed by atoms with van der Waals surface area (Å²) >= 11 is 4.24. The quantitative estimate of drug-likeness (QED) is 0.328.